The topological polar surface area (TPSA) is 67.0 Å². The Morgan fingerprint density at radius 2 is 2.14 bits per heavy atom. The van der Waals surface area contributed by atoms with Gasteiger partial charge in [0.05, 0.1) is 17.5 Å². The number of nitrogens with zero attached hydrogens (tertiary/aromatic N) is 1. The van der Waals surface area contributed by atoms with Crippen molar-refractivity contribution in [2.45, 2.75) is 26.2 Å². The Morgan fingerprint density at radius 1 is 1.38 bits per heavy atom. The predicted octanol–water partition coefficient (Wildman–Crippen LogP) is 2.04. The zero-order chi connectivity index (χ0) is 14.7. The summed E-state index contributed by atoms with van der Waals surface area (Å²) in [7, 11) is 0. The molecule has 0 saturated carbocycles. The zero-order valence-corrected chi connectivity index (χ0v) is 12.3. The van der Waals surface area contributed by atoms with Gasteiger partial charge in [0.25, 0.3) is 0 Å². The fourth-order valence-corrected chi connectivity index (χ4v) is 2.66. The lowest BCUT2D eigenvalue weighted by Gasteiger charge is -2.33. The summed E-state index contributed by atoms with van der Waals surface area (Å²) in [4.78, 5) is 19.7. The van der Waals surface area contributed by atoms with Crippen LogP contribution in [-0.4, -0.2) is 35.6 Å². The summed E-state index contributed by atoms with van der Waals surface area (Å²) in [5.74, 6) is 0.729. The van der Waals surface area contributed by atoms with Gasteiger partial charge in [-0.25, -0.2) is 4.98 Å². The number of hydrogen-bond acceptors (Lipinski definition) is 3. The summed E-state index contributed by atoms with van der Waals surface area (Å²) < 4.78 is 5.37. The number of aromatic amines is 1. The molecule has 0 spiro atoms. The van der Waals surface area contributed by atoms with Gasteiger partial charge in [0.2, 0.25) is 5.91 Å². The third-order valence-corrected chi connectivity index (χ3v) is 4.18. The van der Waals surface area contributed by atoms with E-state index in [4.69, 9.17) is 4.74 Å². The van der Waals surface area contributed by atoms with Crippen molar-refractivity contribution in [1.82, 2.24) is 15.3 Å². The molecular weight excluding hydrogens is 266 g/mol. The number of carbonyl (C=O) groups excluding carboxylic acids is 1. The lowest BCUT2D eigenvalue weighted by Crippen LogP contribution is -2.40. The monoisotopic (exact) mass is 287 g/mol. The van der Waals surface area contributed by atoms with E-state index >= 15 is 0 Å². The minimum absolute atomic E-state index is 0.0155. The standard InChI is InChI=1S/C16H21N3O2/c1-16(6-8-21-9-7-16)11-17-15(20)10-14-18-12-4-2-3-5-13(12)19-14/h2-5H,6-11H2,1H3,(H,17,20)(H,18,19). The van der Waals surface area contributed by atoms with Crippen molar-refractivity contribution in [2.24, 2.45) is 5.41 Å². The van der Waals surface area contributed by atoms with Gasteiger partial charge in [-0.05, 0) is 30.4 Å². The molecule has 2 N–H and O–H groups in total. The molecule has 21 heavy (non-hydrogen) atoms. The maximum absolute atomic E-state index is 12.1. The lowest BCUT2D eigenvalue weighted by atomic mass is 9.82. The number of ether oxygens (including phenoxy) is 1. The van der Waals surface area contributed by atoms with Crippen molar-refractivity contribution >= 4 is 16.9 Å². The SMILES string of the molecule is CC1(CNC(=O)Cc2nc3ccccc3[nH]2)CCOCC1. The second-order valence-corrected chi connectivity index (χ2v) is 6.08. The highest BCUT2D eigenvalue weighted by Gasteiger charge is 2.27. The molecule has 5 nitrogen and oxygen atoms in total. The van der Waals surface area contributed by atoms with Gasteiger partial charge in [0, 0.05) is 19.8 Å². The lowest BCUT2D eigenvalue weighted by molar-refractivity contribution is -0.121. The molecule has 0 radical (unpaired) electrons. The molecule has 5 heteroatoms. The Balaban J connectivity index is 1.56. The van der Waals surface area contributed by atoms with E-state index in [0.29, 0.717) is 18.8 Å². The molecule has 2 aromatic rings. The van der Waals surface area contributed by atoms with Gasteiger partial charge >= 0.3 is 0 Å². The number of amides is 1. The van der Waals surface area contributed by atoms with E-state index in [2.05, 4.69) is 22.2 Å². The van der Waals surface area contributed by atoms with Gasteiger partial charge in [0.15, 0.2) is 0 Å². The summed E-state index contributed by atoms with van der Waals surface area (Å²) in [6.07, 6.45) is 2.29. The van der Waals surface area contributed by atoms with Crippen LogP contribution in [0.4, 0.5) is 0 Å². The van der Waals surface area contributed by atoms with Crippen molar-refractivity contribution in [2.75, 3.05) is 19.8 Å². The molecule has 1 fully saturated rings. The second kappa shape index (κ2) is 5.85. The van der Waals surface area contributed by atoms with Crippen molar-refractivity contribution in [3.05, 3.63) is 30.1 Å². The maximum Gasteiger partial charge on any atom is 0.227 e. The quantitative estimate of drug-likeness (QED) is 0.904. The number of imidazole rings is 1. The Kier molecular flexibility index (Phi) is 3.92. The summed E-state index contributed by atoms with van der Waals surface area (Å²) >= 11 is 0. The van der Waals surface area contributed by atoms with Crippen LogP contribution in [0.5, 0.6) is 0 Å². The summed E-state index contributed by atoms with van der Waals surface area (Å²) in [5, 5.41) is 3.03. The van der Waals surface area contributed by atoms with Gasteiger partial charge in [-0.2, -0.15) is 0 Å². The number of aromatic nitrogens is 2. The average molecular weight is 287 g/mol. The third kappa shape index (κ3) is 3.42. The Morgan fingerprint density at radius 3 is 2.90 bits per heavy atom. The molecule has 2 heterocycles. The highest BCUT2D eigenvalue weighted by molar-refractivity contribution is 5.80. The largest absolute Gasteiger partial charge is 0.381 e. The number of H-pyrrole nitrogens is 1. The molecule has 1 saturated heterocycles. The minimum atomic E-state index is 0.0155. The highest BCUT2D eigenvalue weighted by atomic mass is 16.5. The molecule has 3 rings (SSSR count). The molecule has 1 aromatic carbocycles. The van der Waals surface area contributed by atoms with Crippen molar-refractivity contribution in [3.8, 4) is 0 Å². The molecule has 0 bridgehead atoms. The summed E-state index contributed by atoms with van der Waals surface area (Å²) in [5.41, 5.74) is 2.02. The van der Waals surface area contributed by atoms with Crippen LogP contribution in [0.15, 0.2) is 24.3 Å². The third-order valence-electron chi connectivity index (χ3n) is 4.18. The van der Waals surface area contributed by atoms with E-state index in [9.17, 15) is 4.79 Å². The fraction of sp³-hybridized carbons (Fsp3) is 0.500. The average Bonchev–Trinajstić information content (AvgIpc) is 2.88. The van der Waals surface area contributed by atoms with Crippen LogP contribution < -0.4 is 5.32 Å². The first kappa shape index (κ1) is 14.1. The van der Waals surface area contributed by atoms with Crippen molar-refractivity contribution < 1.29 is 9.53 Å². The number of hydrogen-bond donors (Lipinski definition) is 2. The van der Waals surface area contributed by atoms with E-state index in [-0.39, 0.29) is 11.3 Å². The van der Waals surface area contributed by atoms with Crippen LogP contribution in [0.1, 0.15) is 25.6 Å². The van der Waals surface area contributed by atoms with Crippen LogP contribution in [-0.2, 0) is 16.0 Å². The number of benzene rings is 1. The van der Waals surface area contributed by atoms with E-state index in [1.54, 1.807) is 0 Å². The van der Waals surface area contributed by atoms with Crippen molar-refractivity contribution in [1.29, 1.82) is 0 Å². The van der Waals surface area contributed by atoms with Gasteiger partial charge in [-0.3, -0.25) is 4.79 Å². The fourth-order valence-electron chi connectivity index (χ4n) is 2.66. The molecule has 0 atom stereocenters. The summed E-state index contributed by atoms with van der Waals surface area (Å²) in [6, 6.07) is 7.80. The van der Waals surface area contributed by atoms with Crippen LogP contribution >= 0.6 is 0 Å². The normalized spacial score (nSPS) is 17.8. The Bertz CT molecular complexity index is 596. The van der Waals surface area contributed by atoms with E-state index in [1.807, 2.05) is 24.3 Å². The van der Waals surface area contributed by atoms with Crippen molar-refractivity contribution in [3.63, 3.8) is 0 Å². The van der Waals surface area contributed by atoms with Gasteiger partial charge in [-0.15, -0.1) is 0 Å². The molecule has 1 aliphatic rings. The Labute approximate surface area is 124 Å². The molecule has 0 aliphatic carbocycles. The molecule has 1 aliphatic heterocycles. The Hall–Kier alpha value is -1.88. The first-order valence-corrected chi connectivity index (χ1v) is 7.43. The number of rotatable bonds is 4. The first-order chi connectivity index (χ1) is 10.1. The minimum Gasteiger partial charge on any atom is -0.381 e. The number of carbonyl (C=O) groups is 1. The van der Waals surface area contributed by atoms with Gasteiger partial charge in [-0.1, -0.05) is 19.1 Å². The van der Waals surface area contributed by atoms with Crippen LogP contribution in [0.3, 0.4) is 0 Å². The number of para-hydroxylation sites is 2. The molecule has 1 aromatic heterocycles. The van der Waals surface area contributed by atoms with E-state index in [0.717, 1.165) is 37.1 Å². The number of fused-ring (bicyclic) bond motifs is 1. The van der Waals surface area contributed by atoms with Crippen LogP contribution in [0.25, 0.3) is 11.0 Å². The van der Waals surface area contributed by atoms with E-state index in [1.165, 1.54) is 0 Å². The number of nitrogens with one attached hydrogen (secondary N) is 2. The second-order valence-electron chi connectivity index (χ2n) is 6.08. The zero-order valence-electron chi connectivity index (χ0n) is 12.3. The molecule has 1 amide bonds. The van der Waals surface area contributed by atoms with Crippen LogP contribution in [0.2, 0.25) is 0 Å². The molecular formula is C16H21N3O2. The molecule has 0 unspecified atom stereocenters. The first-order valence-electron chi connectivity index (χ1n) is 7.43. The maximum atomic E-state index is 12.1. The molecule has 112 valence electrons. The van der Waals surface area contributed by atoms with Gasteiger partial charge < -0.3 is 15.0 Å². The highest BCUT2D eigenvalue weighted by Crippen LogP contribution is 2.28. The van der Waals surface area contributed by atoms with Gasteiger partial charge in [0.1, 0.15) is 5.82 Å². The predicted molar refractivity (Wildman–Crippen MR) is 81.0 cm³/mol. The van der Waals surface area contributed by atoms with E-state index < -0.39 is 0 Å². The smallest absolute Gasteiger partial charge is 0.227 e. The summed E-state index contributed by atoms with van der Waals surface area (Å²) in [6.45, 7) is 4.48. The van der Waals surface area contributed by atoms with Crippen LogP contribution in [0, 0.1) is 5.41 Å².